The maximum absolute atomic E-state index is 13.5. The number of hydrogen-bond donors (Lipinski definition) is 1. The van der Waals surface area contributed by atoms with E-state index in [2.05, 4.69) is 0 Å². The number of halogens is 1. The molecule has 0 heterocycles. The summed E-state index contributed by atoms with van der Waals surface area (Å²) in [5.41, 5.74) is 5.99. The second kappa shape index (κ2) is 6.20. The van der Waals surface area contributed by atoms with Gasteiger partial charge in [-0.1, -0.05) is 6.07 Å². The number of benzene rings is 1. The lowest BCUT2D eigenvalue weighted by Crippen LogP contribution is -2.23. The molecule has 1 unspecified atom stereocenters. The van der Waals surface area contributed by atoms with Crippen LogP contribution in [0.3, 0.4) is 0 Å². The third-order valence-electron chi connectivity index (χ3n) is 2.39. The average molecular weight is 241 g/mol. The van der Waals surface area contributed by atoms with Gasteiger partial charge in [0.2, 0.25) is 0 Å². The minimum absolute atomic E-state index is 0.0740. The fourth-order valence-electron chi connectivity index (χ4n) is 1.51. The van der Waals surface area contributed by atoms with Crippen LogP contribution in [0.4, 0.5) is 4.39 Å². The van der Waals surface area contributed by atoms with Crippen molar-refractivity contribution in [2.45, 2.75) is 12.8 Å². The van der Waals surface area contributed by atoms with Crippen LogP contribution in [0.15, 0.2) is 18.2 Å². The molecule has 0 saturated carbocycles. The third kappa shape index (κ3) is 3.17. The Hall–Kier alpha value is -1.62. The molecule has 1 rings (SSSR count). The van der Waals surface area contributed by atoms with Gasteiger partial charge in [0, 0.05) is 6.54 Å². The first-order valence-corrected chi connectivity index (χ1v) is 5.34. The summed E-state index contributed by atoms with van der Waals surface area (Å²) in [6.07, 6.45) is 0. The van der Waals surface area contributed by atoms with E-state index in [0.29, 0.717) is 5.56 Å². The molecule has 0 bridgehead atoms. The Labute approximate surface area is 99.5 Å². The quantitative estimate of drug-likeness (QED) is 0.792. The highest BCUT2D eigenvalue weighted by atomic mass is 19.1. The Kier molecular flexibility index (Phi) is 4.90. The van der Waals surface area contributed by atoms with Crippen molar-refractivity contribution >= 4 is 5.97 Å². The number of esters is 1. The molecule has 0 aliphatic heterocycles. The summed E-state index contributed by atoms with van der Waals surface area (Å²) in [5, 5.41) is 0. The van der Waals surface area contributed by atoms with Gasteiger partial charge in [-0.25, -0.2) is 4.39 Å². The monoisotopic (exact) mass is 241 g/mol. The van der Waals surface area contributed by atoms with Gasteiger partial charge in [-0.05, 0) is 24.6 Å². The van der Waals surface area contributed by atoms with Crippen LogP contribution < -0.4 is 10.5 Å². The number of rotatable bonds is 5. The molecule has 1 aromatic carbocycles. The molecule has 5 heteroatoms. The highest BCUT2D eigenvalue weighted by molar-refractivity contribution is 5.78. The summed E-state index contributed by atoms with van der Waals surface area (Å²) in [4.78, 5) is 11.6. The Balaban J connectivity index is 2.96. The lowest BCUT2D eigenvalue weighted by Gasteiger charge is -2.14. The van der Waals surface area contributed by atoms with Crippen molar-refractivity contribution in [2.24, 2.45) is 5.73 Å². The minimum Gasteiger partial charge on any atom is -0.494 e. The second-order valence-electron chi connectivity index (χ2n) is 3.43. The van der Waals surface area contributed by atoms with Crippen LogP contribution >= 0.6 is 0 Å². The molecular weight excluding hydrogens is 225 g/mol. The average Bonchev–Trinajstić information content (AvgIpc) is 2.30. The van der Waals surface area contributed by atoms with Gasteiger partial charge >= 0.3 is 5.97 Å². The first kappa shape index (κ1) is 13.4. The zero-order valence-corrected chi connectivity index (χ0v) is 9.90. The van der Waals surface area contributed by atoms with Crippen molar-refractivity contribution in [2.75, 3.05) is 20.3 Å². The highest BCUT2D eigenvalue weighted by Crippen LogP contribution is 2.23. The molecule has 4 nitrogen and oxygen atoms in total. The lowest BCUT2D eigenvalue weighted by molar-refractivity contribution is -0.144. The molecule has 0 spiro atoms. The number of hydrogen-bond acceptors (Lipinski definition) is 4. The zero-order valence-electron chi connectivity index (χ0n) is 9.90. The van der Waals surface area contributed by atoms with Gasteiger partial charge in [0.1, 0.15) is 0 Å². The third-order valence-corrected chi connectivity index (χ3v) is 2.39. The second-order valence-corrected chi connectivity index (χ2v) is 3.43. The van der Waals surface area contributed by atoms with Crippen LogP contribution in [0.1, 0.15) is 18.4 Å². The van der Waals surface area contributed by atoms with Crippen molar-refractivity contribution in [3.63, 3.8) is 0 Å². The van der Waals surface area contributed by atoms with Gasteiger partial charge in [0.05, 0.1) is 19.6 Å². The largest absolute Gasteiger partial charge is 0.494 e. The molecule has 0 aliphatic carbocycles. The molecule has 0 amide bonds. The Bertz CT molecular complexity index is 395. The van der Waals surface area contributed by atoms with Crippen LogP contribution in [0.5, 0.6) is 5.75 Å². The van der Waals surface area contributed by atoms with Gasteiger partial charge in [-0.15, -0.1) is 0 Å². The van der Waals surface area contributed by atoms with Crippen LogP contribution in [0.2, 0.25) is 0 Å². The van der Waals surface area contributed by atoms with E-state index in [0.717, 1.165) is 0 Å². The van der Waals surface area contributed by atoms with Crippen molar-refractivity contribution in [1.82, 2.24) is 0 Å². The molecule has 0 aliphatic rings. The standard InChI is InChI=1S/C12H16FNO3/c1-3-17-12(15)9(7-14)8-4-5-11(16-2)10(13)6-8/h4-6,9H,3,7,14H2,1-2H3. The maximum atomic E-state index is 13.5. The first-order valence-electron chi connectivity index (χ1n) is 5.34. The molecule has 0 saturated heterocycles. The van der Waals surface area contributed by atoms with E-state index < -0.39 is 17.7 Å². The van der Waals surface area contributed by atoms with Crippen molar-refractivity contribution < 1.29 is 18.7 Å². The van der Waals surface area contributed by atoms with Gasteiger partial charge in [0.15, 0.2) is 11.6 Å². The first-order chi connectivity index (χ1) is 8.13. The molecule has 0 radical (unpaired) electrons. The summed E-state index contributed by atoms with van der Waals surface area (Å²) in [5.74, 6) is -1.48. The Morgan fingerprint density at radius 2 is 2.24 bits per heavy atom. The van der Waals surface area contributed by atoms with Crippen molar-refractivity contribution in [1.29, 1.82) is 0 Å². The molecule has 1 atom stereocenters. The zero-order chi connectivity index (χ0) is 12.8. The molecule has 1 aromatic rings. The summed E-state index contributed by atoms with van der Waals surface area (Å²) in [6, 6.07) is 4.32. The molecule has 17 heavy (non-hydrogen) atoms. The summed E-state index contributed by atoms with van der Waals surface area (Å²) in [7, 11) is 1.38. The van der Waals surface area contributed by atoms with E-state index in [9.17, 15) is 9.18 Å². The number of carbonyl (C=O) groups excluding carboxylic acids is 1. The predicted molar refractivity (Wildman–Crippen MR) is 61.4 cm³/mol. The highest BCUT2D eigenvalue weighted by Gasteiger charge is 2.21. The molecule has 0 fully saturated rings. The van der Waals surface area contributed by atoms with Gasteiger partial charge in [0.25, 0.3) is 0 Å². The normalized spacial score (nSPS) is 12.0. The fourth-order valence-corrected chi connectivity index (χ4v) is 1.51. The number of methoxy groups -OCH3 is 1. The van der Waals surface area contributed by atoms with E-state index in [1.54, 1.807) is 13.0 Å². The minimum atomic E-state index is -0.643. The van der Waals surface area contributed by atoms with Crippen molar-refractivity contribution in [3.8, 4) is 5.75 Å². The van der Waals surface area contributed by atoms with Crippen LogP contribution in [0, 0.1) is 5.82 Å². The fraction of sp³-hybridized carbons (Fsp3) is 0.417. The van der Waals surface area contributed by atoms with Gasteiger partial charge in [-0.2, -0.15) is 0 Å². The summed E-state index contributed by atoms with van der Waals surface area (Å²) in [6.45, 7) is 2.05. The Morgan fingerprint density at radius 1 is 1.53 bits per heavy atom. The van der Waals surface area contributed by atoms with E-state index >= 15 is 0 Å². The smallest absolute Gasteiger partial charge is 0.314 e. The van der Waals surface area contributed by atoms with E-state index in [1.165, 1.54) is 19.2 Å². The van der Waals surface area contributed by atoms with Crippen molar-refractivity contribution in [3.05, 3.63) is 29.6 Å². The molecular formula is C12H16FNO3. The predicted octanol–water partition coefficient (Wildman–Crippen LogP) is 1.44. The molecule has 2 N–H and O–H groups in total. The van der Waals surface area contributed by atoms with Crippen LogP contribution in [-0.4, -0.2) is 26.2 Å². The number of nitrogens with two attached hydrogens (primary N) is 1. The maximum Gasteiger partial charge on any atom is 0.314 e. The molecule has 94 valence electrons. The van der Waals surface area contributed by atoms with Gasteiger partial charge in [-0.3, -0.25) is 4.79 Å². The SMILES string of the molecule is CCOC(=O)C(CN)c1ccc(OC)c(F)c1. The lowest BCUT2D eigenvalue weighted by atomic mass is 9.99. The number of ether oxygens (including phenoxy) is 2. The van der Waals surface area contributed by atoms with E-state index in [4.69, 9.17) is 15.2 Å². The number of carbonyl (C=O) groups is 1. The Morgan fingerprint density at radius 3 is 2.71 bits per heavy atom. The summed E-state index contributed by atoms with van der Waals surface area (Å²) >= 11 is 0. The van der Waals surface area contributed by atoms with E-state index in [1.807, 2.05) is 0 Å². The molecule has 0 aromatic heterocycles. The van der Waals surface area contributed by atoms with Crippen LogP contribution in [-0.2, 0) is 9.53 Å². The van der Waals surface area contributed by atoms with E-state index in [-0.39, 0.29) is 18.9 Å². The topological polar surface area (TPSA) is 61.5 Å². The van der Waals surface area contributed by atoms with Crippen LogP contribution in [0.25, 0.3) is 0 Å². The van der Waals surface area contributed by atoms with Gasteiger partial charge < -0.3 is 15.2 Å². The summed E-state index contributed by atoms with van der Waals surface area (Å²) < 4.78 is 23.2.